The van der Waals surface area contributed by atoms with Gasteiger partial charge in [-0.05, 0) is 19.3 Å². The highest BCUT2D eigenvalue weighted by Gasteiger charge is 2.08. The molecule has 0 atom stereocenters. The smallest absolute Gasteiger partial charge is 0.305 e. The first-order valence-electron chi connectivity index (χ1n) is 5.04. The second kappa shape index (κ2) is 9.52. The van der Waals surface area contributed by atoms with Gasteiger partial charge in [-0.2, -0.15) is 0 Å². The van der Waals surface area contributed by atoms with Gasteiger partial charge in [0.1, 0.15) is 0 Å². The summed E-state index contributed by atoms with van der Waals surface area (Å²) in [5.74, 6) is -0.0463. The predicted molar refractivity (Wildman–Crippen MR) is 51.6 cm³/mol. The zero-order valence-corrected chi connectivity index (χ0v) is 8.67. The van der Waals surface area contributed by atoms with Crippen molar-refractivity contribution in [2.24, 2.45) is 0 Å². The molecule has 1 aliphatic rings. The van der Waals surface area contributed by atoms with Gasteiger partial charge in [-0.1, -0.05) is 13.8 Å². The highest BCUT2D eigenvalue weighted by atomic mass is 16.5. The molecule has 0 spiro atoms. The van der Waals surface area contributed by atoms with Crippen LogP contribution in [0.3, 0.4) is 0 Å². The van der Waals surface area contributed by atoms with E-state index in [4.69, 9.17) is 4.74 Å². The first kappa shape index (κ1) is 12.4. The highest BCUT2D eigenvalue weighted by molar-refractivity contribution is 5.70. The Hall–Kier alpha value is -0.570. The number of rotatable bonds is 4. The molecule has 0 bridgehead atoms. The SMILES string of the molecule is CCCOCCC.O=C1CCCO1. The van der Waals surface area contributed by atoms with Gasteiger partial charge in [0.05, 0.1) is 6.61 Å². The molecule has 0 amide bonds. The average Bonchev–Trinajstić information content (AvgIpc) is 2.58. The Morgan fingerprint density at radius 2 is 1.92 bits per heavy atom. The molecule has 1 rings (SSSR count). The number of cyclic esters (lactones) is 1. The first-order chi connectivity index (χ1) is 6.31. The largest absolute Gasteiger partial charge is 0.466 e. The van der Waals surface area contributed by atoms with E-state index in [9.17, 15) is 4.79 Å². The van der Waals surface area contributed by atoms with Crippen LogP contribution in [0.2, 0.25) is 0 Å². The number of hydrogen-bond donors (Lipinski definition) is 0. The summed E-state index contributed by atoms with van der Waals surface area (Å²) in [7, 11) is 0. The van der Waals surface area contributed by atoms with E-state index in [0.717, 1.165) is 32.5 Å². The van der Waals surface area contributed by atoms with Gasteiger partial charge in [0, 0.05) is 19.6 Å². The number of ether oxygens (including phenoxy) is 2. The van der Waals surface area contributed by atoms with Crippen LogP contribution < -0.4 is 0 Å². The first-order valence-corrected chi connectivity index (χ1v) is 5.04. The normalized spacial score (nSPS) is 14.8. The van der Waals surface area contributed by atoms with Gasteiger partial charge in [-0.3, -0.25) is 4.79 Å². The lowest BCUT2D eigenvalue weighted by molar-refractivity contribution is -0.137. The van der Waals surface area contributed by atoms with Gasteiger partial charge in [0.2, 0.25) is 0 Å². The minimum atomic E-state index is -0.0463. The molecular formula is C10H20O3. The van der Waals surface area contributed by atoms with Crippen molar-refractivity contribution in [2.45, 2.75) is 39.5 Å². The van der Waals surface area contributed by atoms with Crippen molar-refractivity contribution in [1.29, 1.82) is 0 Å². The summed E-state index contributed by atoms with van der Waals surface area (Å²) in [4.78, 5) is 10.0. The lowest BCUT2D eigenvalue weighted by atomic mass is 10.4. The van der Waals surface area contributed by atoms with E-state index in [1.807, 2.05) is 0 Å². The monoisotopic (exact) mass is 188 g/mol. The number of hydrogen-bond acceptors (Lipinski definition) is 3. The summed E-state index contributed by atoms with van der Waals surface area (Å²) < 4.78 is 9.65. The summed E-state index contributed by atoms with van der Waals surface area (Å²) in [6.07, 6.45) is 3.82. The van der Waals surface area contributed by atoms with E-state index in [0.29, 0.717) is 13.0 Å². The minimum absolute atomic E-state index is 0.0463. The summed E-state index contributed by atoms with van der Waals surface area (Å²) in [5, 5.41) is 0. The zero-order chi connectivity index (χ0) is 9.94. The maximum Gasteiger partial charge on any atom is 0.305 e. The average molecular weight is 188 g/mol. The topological polar surface area (TPSA) is 35.5 Å². The van der Waals surface area contributed by atoms with Gasteiger partial charge >= 0.3 is 5.97 Å². The fraction of sp³-hybridized carbons (Fsp3) is 0.900. The molecular weight excluding hydrogens is 168 g/mol. The molecule has 0 aromatic rings. The van der Waals surface area contributed by atoms with Gasteiger partial charge in [-0.25, -0.2) is 0 Å². The van der Waals surface area contributed by atoms with E-state index >= 15 is 0 Å². The van der Waals surface area contributed by atoms with Crippen LogP contribution in [0.15, 0.2) is 0 Å². The predicted octanol–water partition coefficient (Wildman–Crippen LogP) is 2.15. The molecule has 0 radical (unpaired) electrons. The van der Waals surface area contributed by atoms with Gasteiger partial charge < -0.3 is 9.47 Å². The molecule has 13 heavy (non-hydrogen) atoms. The molecule has 1 aliphatic heterocycles. The third-order valence-electron chi connectivity index (χ3n) is 1.49. The second-order valence-corrected chi connectivity index (χ2v) is 2.94. The Balaban J connectivity index is 0.000000223. The minimum Gasteiger partial charge on any atom is -0.466 e. The maximum absolute atomic E-state index is 10.0. The molecule has 0 N–H and O–H groups in total. The van der Waals surface area contributed by atoms with Crippen LogP contribution in [0.1, 0.15) is 39.5 Å². The maximum atomic E-state index is 10.0. The van der Waals surface area contributed by atoms with E-state index in [1.54, 1.807) is 0 Å². The van der Waals surface area contributed by atoms with E-state index in [-0.39, 0.29) is 5.97 Å². The highest BCUT2D eigenvalue weighted by Crippen LogP contribution is 2.01. The lowest BCUT2D eigenvalue weighted by Crippen LogP contribution is -1.92. The van der Waals surface area contributed by atoms with Crippen LogP contribution in [0.25, 0.3) is 0 Å². The van der Waals surface area contributed by atoms with Crippen molar-refractivity contribution in [3.05, 3.63) is 0 Å². The second-order valence-electron chi connectivity index (χ2n) is 2.94. The number of carbonyl (C=O) groups excluding carboxylic acids is 1. The molecule has 1 fully saturated rings. The standard InChI is InChI=1S/C6H14O.C4H6O2/c1-3-5-7-6-4-2;5-4-2-1-3-6-4/h3-6H2,1-2H3;1-3H2. The third kappa shape index (κ3) is 9.34. The third-order valence-corrected chi connectivity index (χ3v) is 1.49. The lowest BCUT2D eigenvalue weighted by Gasteiger charge is -1.95. The van der Waals surface area contributed by atoms with E-state index in [1.165, 1.54) is 0 Å². The van der Waals surface area contributed by atoms with Crippen molar-refractivity contribution in [3.63, 3.8) is 0 Å². The Morgan fingerprint density at radius 1 is 1.31 bits per heavy atom. The quantitative estimate of drug-likeness (QED) is 0.501. The molecule has 0 unspecified atom stereocenters. The van der Waals surface area contributed by atoms with E-state index in [2.05, 4.69) is 18.6 Å². The Kier molecular flexibility index (Phi) is 9.10. The number of esters is 1. The summed E-state index contributed by atoms with van der Waals surface area (Å²) in [5.41, 5.74) is 0. The molecule has 78 valence electrons. The van der Waals surface area contributed by atoms with Crippen LogP contribution in [-0.4, -0.2) is 25.8 Å². The summed E-state index contributed by atoms with van der Waals surface area (Å²) in [6, 6.07) is 0. The van der Waals surface area contributed by atoms with Gasteiger partial charge in [0.15, 0.2) is 0 Å². The molecule has 1 heterocycles. The molecule has 1 saturated heterocycles. The van der Waals surface area contributed by atoms with Gasteiger partial charge in [0.25, 0.3) is 0 Å². The van der Waals surface area contributed by atoms with Crippen LogP contribution >= 0.6 is 0 Å². The molecule has 3 heteroatoms. The van der Waals surface area contributed by atoms with E-state index < -0.39 is 0 Å². The molecule has 0 aliphatic carbocycles. The fourth-order valence-electron chi connectivity index (χ4n) is 0.865. The van der Waals surface area contributed by atoms with Crippen LogP contribution in [-0.2, 0) is 14.3 Å². The molecule has 3 nitrogen and oxygen atoms in total. The van der Waals surface area contributed by atoms with Crippen LogP contribution in [0.5, 0.6) is 0 Å². The van der Waals surface area contributed by atoms with Crippen LogP contribution in [0, 0.1) is 0 Å². The van der Waals surface area contributed by atoms with Crippen molar-refractivity contribution in [3.8, 4) is 0 Å². The molecule has 0 aromatic heterocycles. The number of carbonyl (C=O) groups is 1. The molecule has 0 aromatic carbocycles. The zero-order valence-electron chi connectivity index (χ0n) is 8.67. The summed E-state index contributed by atoms with van der Waals surface area (Å²) >= 11 is 0. The Morgan fingerprint density at radius 3 is 2.15 bits per heavy atom. The Bertz CT molecular complexity index is 111. The summed E-state index contributed by atoms with van der Waals surface area (Å²) in [6.45, 7) is 6.73. The van der Waals surface area contributed by atoms with Crippen molar-refractivity contribution < 1.29 is 14.3 Å². The fourth-order valence-corrected chi connectivity index (χ4v) is 0.865. The Labute approximate surface area is 80.4 Å². The van der Waals surface area contributed by atoms with Crippen LogP contribution in [0.4, 0.5) is 0 Å². The van der Waals surface area contributed by atoms with Gasteiger partial charge in [-0.15, -0.1) is 0 Å². The van der Waals surface area contributed by atoms with Crippen molar-refractivity contribution in [1.82, 2.24) is 0 Å². The van der Waals surface area contributed by atoms with Crippen molar-refractivity contribution >= 4 is 5.97 Å². The molecule has 0 saturated carbocycles. The van der Waals surface area contributed by atoms with Crippen molar-refractivity contribution in [2.75, 3.05) is 19.8 Å².